The van der Waals surface area contributed by atoms with Gasteiger partial charge in [-0.1, -0.05) is 24.8 Å². The highest BCUT2D eigenvalue weighted by Gasteiger charge is 2.28. The van der Waals surface area contributed by atoms with Gasteiger partial charge in [0.15, 0.2) is 0 Å². The van der Waals surface area contributed by atoms with Crippen LogP contribution in [0.5, 0.6) is 0 Å². The van der Waals surface area contributed by atoms with Crippen molar-refractivity contribution < 1.29 is 4.79 Å². The highest BCUT2D eigenvalue weighted by atomic mass is 16.2. The molecule has 1 aliphatic heterocycles. The molecular formula is C12H17NO. The Morgan fingerprint density at radius 2 is 2.14 bits per heavy atom. The number of carbonyl (C=O) groups excluding carboxylic acids is 1. The second-order valence-electron chi connectivity index (χ2n) is 3.67. The van der Waals surface area contributed by atoms with Crippen LogP contribution in [0.2, 0.25) is 0 Å². The summed E-state index contributed by atoms with van der Waals surface area (Å²) in [7, 11) is 0. The molecule has 0 unspecified atom stereocenters. The van der Waals surface area contributed by atoms with Crippen LogP contribution < -0.4 is 0 Å². The molecule has 0 spiro atoms. The number of rotatable bonds is 3. The Morgan fingerprint density at radius 1 is 1.50 bits per heavy atom. The molecule has 0 saturated carbocycles. The van der Waals surface area contributed by atoms with Crippen molar-refractivity contribution >= 4 is 5.91 Å². The highest BCUT2D eigenvalue weighted by Crippen LogP contribution is 2.22. The van der Waals surface area contributed by atoms with E-state index in [0.717, 1.165) is 11.1 Å². The first-order valence-electron chi connectivity index (χ1n) is 4.91. The van der Waals surface area contributed by atoms with Gasteiger partial charge >= 0.3 is 0 Å². The number of hydrogen-bond donors (Lipinski definition) is 0. The van der Waals surface area contributed by atoms with Gasteiger partial charge in [-0.3, -0.25) is 4.79 Å². The third-order valence-electron chi connectivity index (χ3n) is 2.37. The topological polar surface area (TPSA) is 20.3 Å². The fourth-order valence-corrected chi connectivity index (χ4v) is 1.61. The lowest BCUT2D eigenvalue weighted by atomic mass is 10.1. The van der Waals surface area contributed by atoms with Gasteiger partial charge in [-0.2, -0.15) is 0 Å². The summed E-state index contributed by atoms with van der Waals surface area (Å²) in [5.74, 6) is 0.100. The average molecular weight is 191 g/mol. The van der Waals surface area contributed by atoms with E-state index in [1.54, 1.807) is 6.08 Å². The molecule has 0 bridgehead atoms. The molecular weight excluding hydrogens is 174 g/mol. The van der Waals surface area contributed by atoms with Crippen molar-refractivity contribution in [2.45, 2.75) is 26.8 Å². The molecule has 0 N–H and O–H groups in total. The van der Waals surface area contributed by atoms with Gasteiger partial charge in [-0.15, -0.1) is 0 Å². The van der Waals surface area contributed by atoms with Gasteiger partial charge in [-0.25, -0.2) is 0 Å². The van der Waals surface area contributed by atoms with Gasteiger partial charge in [0.05, 0.1) is 0 Å². The molecule has 0 atom stereocenters. The summed E-state index contributed by atoms with van der Waals surface area (Å²) in [5.41, 5.74) is 1.82. The van der Waals surface area contributed by atoms with E-state index in [1.807, 2.05) is 37.8 Å². The first-order chi connectivity index (χ1) is 6.61. The van der Waals surface area contributed by atoms with Crippen molar-refractivity contribution in [2.24, 2.45) is 0 Å². The number of hydrogen-bond acceptors (Lipinski definition) is 1. The van der Waals surface area contributed by atoms with Crippen molar-refractivity contribution in [1.29, 1.82) is 0 Å². The van der Waals surface area contributed by atoms with E-state index in [-0.39, 0.29) is 11.9 Å². The Bertz CT molecular complexity index is 310. The van der Waals surface area contributed by atoms with E-state index in [2.05, 4.69) is 6.58 Å². The second-order valence-corrected chi connectivity index (χ2v) is 3.67. The maximum atomic E-state index is 11.8. The van der Waals surface area contributed by atoms with Crippen molar-refractivity contribution in [3.8, 4) is 0 Å². The molecule has 2 heteroatoms. The lowest BCUT2D eigenvalue weighted by Crippen LogP contribution is -2.33. The fraction of sp³-hybridized carbons (Fsp3) is 0.417. The van der Waals surface area contributed by atoms with Crippen LogP contribution in [-0.4, -0.2) is 23.4 Å². The molecule has 0 saturated heterocycles. The number of amides is 1. The molecule has 0 radical (unpaired) electrons. The maximum Gasteiger partial charge on any atom is 0.254 e. The third kappa shape index (κ3) is 1.79. The smallest absolute Gasteiger partial charge is 0.254 e. The summed E-state index contributed by atoms with van der Waals surface area (Å²) in [5, 5.41) is 0. The molecule has 1 heterocycles. The van der Waals surface area contributed by atoms with Gasteiger partial charge < -0.3 is 4.90 Å². The maximum absolute atomic E-state index is 11.8. The summed E-state index contributed by atoms with van der Waals surface area (Å²) in [6, 6.07) is 0.250. The predicted octanol–water partition coefficient (Wildman–Crippen LogP) is 2.30. The van der Waals surface area contributed by atoms with Crippen molar-refractivity contribution in [3.63, 3.8) is 0 Å². The summed E-state index contributed by atoms with van der Waals surface area (Å²) < 4.78 is 0. The summed E-state index contributed by atoms with van der Waals surface area (Å²) in [6.45, 7) is 10.4. The Kier molecular flexibility index (Phi) is 3.28. The molecule has 1 amide bonds. The SMILES string of the molecule is C=CC1=C(/C=C\C)CN(C(C)C)C1=O. The quantitative estimate of drug-likeness (QED) is 0.670. The van der Waals surface area contributed by atoms with Crippen molar-refractivity contribution in [3.05, 3.63) is 36.0 Å². The Labute approximate surface area is 85.6 Å². The first-order valence-corrected chi connectivity index (χ1v) is 4.91. The Hall–Kier alpha value is -1.31. The van der Waals surface area contributed by atoms with Crippen LogP contribution in [-0.2, 0) is 4.79 Å². The van der Waals surface area contributed by atoms with E-state index >= 15 is 0 Å². The van der Waals surface area contributed by atoms with Gasteiger partial charge in [0.2, 0.25) is 0 Å². The fourth-order valence-electron chi connectivity index (χ4n) is 1.61. The normalized spacial score (nSPS) is 17.7. The van der Waals surface area contributed by atoms with Crippen molar-refractivity contribution in [2.75, 3.05) is 6.54 Å². The largest absolute Gasteiger partial charge is 0.332 e. The first kappa shape index (κ1) is 10.8. The zero-order valence-corrected chi connectivity index (χ0v) is 9.08. The third-order valence-corrected chi connectivity index (χ3v) is 2.37. The number of allylic oxidation sites excluding steroid dienone is 1. The molecule has 0 aliphatic carbocycles. The average Bonchev–Trinajstić information content (AvgIpc) is 2.43. The molecule has 0 fully saturated rings. The van der Waals surface area contributed by atoms with Crippen LogP contribution in [0.25, 0.3) is 0 Å². The van der Waals surface area contributed by atoms with E-state index in [1.165, 1.54) is 0 Å². The second kappa shape index (κ2) is 4.27. The lowest BCUT2D eigenvalue weighted by Gasteiger charge is -2.20. The minimum absolute atomic E-state index is 0.100. The zero-order chi connectivity index (χ0) is 10.7. The molecule has 1 aliphatic rings. The Morgan fingerprint density at radius 3 is 2.57 bits per heavy atom. The predicted molar refractivity (Wildman–Crippen MR) is 58.9 cm³/mol. The van der Waals surface area contributed by atoms with Gasteiger partial charge in [0.25, 0.3) is 5.91 Å². The zero-order valence-electron chi connectivity index (χ0n) is 9.08. The van der Waals surface area contributed by atoms with E-state index < -0.39 is 0 Å². The monoisotopic (exact) mass is 191 g/mol. The van der Waals surface area contributed by atoms with Gasteiger partial charge in [0, 0.05) is 18.2 Å². The molecule has 2 nitrogen and oxygen atoms in total. The van der Waals surface area contributed by atoms with E-state index in [0.29, 0.717) is 6.54 Å². The summed E-state index contributed by atoms with van der Waals surface area (Å²) in [4.78, 5) is 13.7. The van der Waals surface area contributed by atoms with Gasteiger partial charge in [-0.05, 0) is 26.3 Å². The molecule has 0 aromatic rings. The minimum Gasteiger partial charge on any atom is -0.332 e. The summed E-state index contributed by atoms with van der Waals surface area (Å²) >= 11 is 0. The highest BCUT2D eigenvalue weighted by molar-refractivity contribution is 6.00. The van der Waals surface area contributed by atoms with Crippen molar-refractivity contribution in [1.82, 2.24) is 4.90 Å². The van der Waals surface area contributed by atoms with Gasteiger partial charge in [0.1, 0.15) is 0 Å². The molecule has 1 rings (SSSR count). The number of nitrogens with zero attached hydrogens (tertiary/aromatic N) is 1. The standard InChI is InChI=1S/C12H17NO/c1-5-7-10-8-13(9(3)4)12(14)11(10)6-2/h5-7,9H,2,8H2,1,3-4H3/b7-5-. The summed E-state index contributed by atoms with van der Waals surface area (Å²) in [6.07, 6.45) is 5.59. The molecule has 0 aromatic carbocycles. The lowest BCUT2D eigenvalue weighted by molar-refractivity contribution is -0.126. The van der Waals surface area contributed by atoms with Crippen LogP contribution in [0.3, 0.4) is 0 Å². The van der Waals surface area contributed by atoms with Crippen LogP contribution in [0.1, 0.15) is 20.8 Å². The van der Waals surface area contributed by atoms with Crippen LogP contribution in [0.4, 0.5) is 0 Å². The van der Waals surface area contributed by atoms with Crippen LogP contribution in [0, 0.1) is 0 Å². The van der Waals surface area contributed by atoms with Crippen LogP contribution >= 0.6 is 0 Å². The minimum atomic E-state index is 0.100. The van der Waals surface area contributed by atoms with E-state index in [4.69, 9.17) is 0 Å². The molecule has 0 aromatic heterocycles. The van der Waals surface area contributed by atoms with E-state index in [9.17, 15) is 4.79 Å². The van der Waals surface area contributed by atoms with Crippen LogP contribution in [0.15, 0.2) is 36.0 Å². The molecule has 76 valence electrons. The molecule has 14 heavy (non-hydrogen) atoms. The Balaban J connectivity index is 2.98. The number of carbonyl (C=O) groups is 1.